The van der Waals surface area contributed by atoms with Crippen LogP contribution in [0.25, 0.3) is 0 Å². The van der Waals surface area contributed by atoms with E-state index in [1.165, 1.54) is 12.1 Å². The SMILES string of the molecule is CNCc1cc(F)cc(OCC(=O)NC(C)C)c1. The van der Waals surface area contributed by atoms with Crippen LogP contribution in [0.3, 0.4) is 0 Å². The molecule has 1 rings (SSSR count). The zero-order valence-electron chi connectivity index (χ0n) is 10.9. The Morgan fingerprint density at radius 3 is 2.72 bits per heavy atom. The minimum atomic E-state index is -0.373. The highest BCUT2D eigenvalue weighted by Gasteiger charge is 2.06. The second kappa shape index (κ2) is 6.96. The fourth-order valence-electron chi connectivity index (χ4n) is 1.52. The number of nitrogens with one attached hydrogen (secondary N) is 2. The lowest BCUT2D eigenvalue weighted by molar-refractivity contribution is -0.123. The summed E-state index contributed by atoms with van der Waals surface area (Å²) in [6.45, 7) is 4.17. The number of hydrogen-bond donors (Lipinski definition) is 2. The molecule has 100 valence electrons. The summed E-state index contributed by atoms with van der Waals surface area (Å²) in [4.78, 5) is 11.4. The molecule has 1 amide bonds. The summed E-state index contributed by atoms with van der Waals surface area (Å²) in [5.41, 5.74) is 0.775. The van der Waals surface area contributed by atoms with Crippen LogP contribution in [0.5, 0.6) is 5.75 Å². The van der Waals surface area contributed by atoms with E-state index in [0.717, 1.165) is 5.56 Å². The fourth-order valence-corrected chi connectivity index (χ4v) is 1.52. The summed E-state index contributed by atoms with van der Waals surface area (Å²) in [6.07, 6.45) is 0. The minimum Gasteiger partial charge on any atom is -0.484 e. The Hall–Kier alpha value is -1.62. The smallest absolute Gasteiger partial charge is 0.258 e. The van der Waals surface area contributed by atoms with Crippen LogP contribution in [0, 0.1) is 5.82 Å². The van der Waals surface area contributed by atoms with Crippen LogP contribution in [-0.4, -0.2) is 25.6 Å². The van der Waals surface area contributed by atoms with Gasteiger partial charge in [0.1, 0.15) is 11.6 Å². The zero-order chi connectivity index (χ0) is 13.5. The van der Waals surface area contributed by atoms with Crippen molar-refractivity contribution in [3.8, 4) is 5.75 Å². The average molecular weight is 254 g/mol. The first-order chi connectivity index (χ1) is 8.51. The molecule has 0 spiro atoms. The molecule has 2 N–H and O–H groups in total. The summed E-state index contributed by atoms with van der Waals surface area (Å²) >= 11 is 0. The fraction of sp³-hybridized carbons (Fsp3) is 0.462. The Bertz CT molecular complexity index is 408. The van der Waals surface area contributed by atoms with Gasteiger partial charge in [-0.3, -0.25) is 4.79 Å². The maximum atomic E-state index is 13.3. The Labute approximate surface area is 107 Å². The molecule has 0 saturated heterocycles. The topological polar surface area (TPSA) is 50.4 Å². The lowest BCUT2D eigenvalue weighted by atomic mass is 10.2. The molecule has 4 nitrogen and oxygen atoms in total. The van der Waals surface area contributed by atoms with Crippen LogP contribution < -0.4 is 15.4 Å². The molecular weight excluding hydrogens is 235 g/mol. The lowest BCUT2D eigenvalue weighted by Gasteiger charge is -2.10. The first-order valence-electron chi connectivity index (χ1n) is 5.87. The number of rotatable bonds is 6. The largest absolute Gasteiger partial charge is 0.484 e. The zero-order valence-corrected chi connectivity index (χ0v) is 10.9. The van der Waals surface area contributed by atoms with E-state index >= 15 is 0 Å². The molecule has 0 aliphatic carbocycles. The van der Waals surface area contributed by atoms with Gasteiger partial charge in [-0.15, -0.1) is 0 Å². The van der Waals surface area contributed by atoms with E-state index in [4.69, 9.17) is 4.74 Å². The third kappa shape index (κ3) is 5.14. The van der Waals surface area contributed by atoms with Gasteiger partial charge in [0.2, 0.25) is 0 Å². The Kier molecular flexibility index (Phi) is 5.58. The maximum Gasteiger partial charge on any atom is 0.258 e. The Morgan fingerprint density at radius 2 is 2.11 bits per heavy atom. The summed E-state index contributed by atoms with van der Waals surface area (Å²) in [6, 6.07) is 4.47. The second-order valence-electron chi connectivity index (χ2n) is 4.34. The summed E-state index contributed by atoms with van der Waals surface area (Å²) in [7, 11) is 1.78. The van der Waals surface area contributed by atoms with Crippen LogP contribution in [0.4, 0.5) is 4.39 Å². The highest BCUT2D eigenvalue weighted by molar-refractivity contribution is 5.77. The van der Waals surface area contributed by atoms with E-state index in [1.54, 1.807) is 13.1 Å². The summed E-state index contributed by atoms with van der Waals surface area (Å²) in [5, 5.41) is 5.63. The highest BCUT2D eigenvalue weighted by Crippen LogP contribution is 2.16. The van der Waals surface area contributed by atoms with E-state index < -0.39 is 0 Å². The van der Waals surface area contributed by atoms with Crippen molar-refractivity contribution in [3.05, 3.63) is 29.6 Å². The van der Waals surface area contributed by atoms with Crippen molar-refractivity contribution in [3.63, 3.8) is 0 Å². The molecular formula is C13H19FN2O2. The lowest BCUT2D eigenvalue weighted by Crippen LogP contribution is -2.34. The van der Waals surface area contributed by atoms with Crippen LogP contribution in [0.1, 0.15) is 19.4 Å². The Morgan fingerprint density at radius 1 is 1.39 bits per heavy atom. The molecule has 1 aromatic carbocycles. The van der Waals surface area contributed by atoms with Crippen molar-refractivity contribution in [2.75, 3.05) is 13.7 Å². The predicted molar refractivity (Wildman–Crippen MR) is 67.9 cm³/mol. The van der Waals surface area contributed by atoms with Crippen molar-refractivity contribution in [1.29, 1.82) is 0 Å². The second-order valence-corrected chi connectivity index (χ2v) is 4.34. The van der Waals surface area contributed by atoms with Gasteiger partial charge in [0, 0.05) is 18.7 Å². The molecule has 0 radical (unpaired) electrons. The van der Waals surface area contributed by atoms with E-state index in [9.17, 15) is 9.18 Å². The van der Waals surface area contributed by atoms with E-state index in [0.29, 0.717) is 12.3 Å². The standard InChI is InChI=1S/C13H19FN2O2/c1-9(2)16-13(17)8-18-12-5-10(7-15-3)4-11(14)6-12/h4-6,9,15H,7-8H2,1-3H3,(H,16,17). The van der Waals surface area contributed by atoms with Crippen LogP contribution in [-0.2, 0) is 11.3 Å². The molecule has 18 heavy (non-hydrogen) atoms. The first kappa shape index (κ1) is 14.4. The van der Waals surface area contributed by atoms with Crippen molar-refractivity contribution in [1.82, 2.24) is 10.6 Å². The van der Waals surface area contributed by atoms with Gasteiger partial charge in [-0.05, 0) is 38.6 Å². The number of amides is 1. The van der Waals surface area contributed by atoms with Crippen molar-refractivity contribution in [2.24, 2.45) is 0 Å². The molecule has 0 fully saturated rings. The van der Waals surface area contributed by atoms with E-state index in [2.05, 4.69) is 10.6 Å². The number of halogens is 1. The quantitative estimate of drug-likeness (QED) is 0.808. The van der Waals surface area contributed by atoms with Gasteiger partial charge in [0.15, 0.2) is 6.61 Å². The summed E-state index contributed by atoms with van der Waals surface area (Å²) in [5.74, 6) is -0.231. The summed E-state index contributed by atoms with van der Waals surface area (Å²) < 4.78 is 18.5. The highest BCUT2D eigenvalue weighted by atomic mass is 19.1. The van der Waals surface area contributed by atoms with E-state index in [1.807, 2.05) is 13.8 Å². The molecule has 0 aromatic heterocycles. The molecule has 0 atom stereocenters. The van der Waals surface area contributed by atoms with Crippen molar-refractivity contribution in [2.45, 2.75) is 26.4 Å². The van der Waals surface area contributed by atoms with Crippen molar-refractivity contribution >= 4 is 5.91 Å². The minimum absolute atomic E-state index is 0.0634. The van der Waals surface area contributed by atoms with Gasteiger partial charge >= 0.3 is 0 Å². The van der Waals surface area contributed by atoms with Gasteiger partial charge in [-0.2, -0.15) is 0 Å². The molecule has 0 aliphatic heterocycles. The number of hydrogen-bond acceptors (Lipinski definition) is 3. The first-order valence-corrected chi connectivity index (χ1v) is 5.87. The van der Waals surface area contributed by atoms with Gasteiger partial charge in [-0.25, -0.2) is 4.39 Å². The number of carbonyl (C=O) groups excluding carboxylic acids is 1. The van der Waals surface area contributed by atoms with Gasteiger partial charge in [0.05, 0.1) is 0 Å². The Balaban J connectivity index is 2.58. The normalized spacial score (nSPS) is 10.5. The molecule has 0 aliphatic rings. The molecule has 1 aromatic rings. The third-order valence-electron chi connectivity index (χ3n) is 2.13. The number of carbonyl (C=O) groups is 1. The molecule has 0 saturated carbocycles. The average Bonchev–Trinajstić information content (AvgIpc) is 2.25. The molecule has 5 heteroatoms. The van der Waals surface area contributed by atoms with Gasteiger partial charge < -0.3 is 15.4 Å². The third-order valence-corrected chi connectivity index (χ3v) is 2.13. The molecule has 0 unspecified atom stereocenters. The van der Waals surface area contributed by atoms with Crippen LogP contribution >= 0.6 is 0 Å². The predicted octanol–water partition coefficient (Wildman–Crippen LogP) is 1.45. The maximum absolute atomic E-state index is 13.3. The van der Waals surface area contributed by atoms with Gasteiger partial charge in [-0.1, -0.05) is 0 Å². The number of ether oxygens (including phenoxy) is 1. The molecule has 0 heterocycles. The molecule has 0 bridgehead atoms. The number of benzene rings is 1. The monoisotopic (exact) mass is 254 g/mol. The van der Waals surface area contributed by atoms with Crippen molar-refractivity contribution < 1.29 is 13.9 Å². The van der Waals surface area contributed by atoms with Crippen LogP contribution in [0.15, 0.2) is 18.2 Å². The van der Waals surface area contributed by atoms with E-state index in [-0.39, 0.29) is 24.4 Å². The van der Waals surface area contributed by atoms with Gasteiger partial charge in [0.25, 0.3) is 5.91 Å². The van der Waals surface area contributed by atoms with Crippen LogP contribution in [0.2, 0.25) is 0 Å².